The molecule has 0 spiro atoms. The Labute approximate surface area is 233 Å². The van der Waals surface area contributed by atoms with Gasteiger partial charge in [0.15, 0.2) is 16.6 Å². The lowest BCUT2D eigenvalue weighted by Gasteiger charge is -2.23. The molecule has 0 saturated carbocycles. The second kappa shape index (κ2) is 10.4. The van der Waals surface area contributed by atoms with Gasteiger partial charge in [-0.2, -0.15) is 0 Å². The number of nitrogens with zero attached hydrogens (tertiary/aromatic N) is 2. The standard InChI is InChI=1S/C30H24N2O7S/c1-3-11-37-20-6-4-5-17(14-20)26-25(27(33)18-7-10-22-23(15-18)39-13-12-38-22)28(34)29(35)32(26)30-31-21-9-8-19(36-2)16-24(21)40-30/h3-10,14-16,26,33H,1,11-13H2,2H3/t26-/m1/s1. The third-order valence-electron chi connectivity index (χ3n) is 6.59. The lowest BCUT2D eigenvalue weighted by Crippen LogP contribution is -2.29. The van der Waals surface area contributed by atoms with Crippen LogP contribution in [-0.4, -0.2) is 48.7 Å². The molecule has 202 valence electrons. The van der Waals surface area contributed by atoms with E-state index in [1.165, 1.54) is 16.2 Å². The van der Waals surface area contributed by atoms with Crippen LogP contribution in [0.4, 0.5) is 5.13 Å². The van der Waals surface area contributed by atoms with Gasteiger partial charge in [0.05, 0.1) is 28.9 Å². The van der Waals surface area contributed by atoms with Crippen LogP contribution in [0.25, 0.3) is 16.0 Å². The van der Waals surface area contributed by atoms with Crippen LogP contribution >= 0.6 is 11.3 Å². The number of aliphatic hydroxyl groups is 1. The monoisotopic (exact) mass is 556 g/mol. The second-order valence-corrected chi connectivity index (χ2v) is 10.0. The van der Waals surface area contributed by atoms with Crippen molar-refractivity contribution in [3.63, 3.8) is 0 Å². The van der Waals surface area contributed by atoms with Gasteiger partial charge < -0.3 is 24.1 Å². The van der Waals surface area contributed by atoms with E-state index in [0.29, 0.717) is 58.0 Å². The fourth-order valence-corrected chi connectivity index (χ4v) is 5.76. The van der Waals surface area contributed by atoms with Crippen LogP contribution in [-0.2, 0) is 9.59 Å². The maximum atomic E-state index is 13.6. The van der Waals surface area contributed by atoms with Gasteiger partial charge in [0.2, 0.25) is 0 Å². The minimum Gasteiger partial charge on any atom is -0.507 e. The van der Waals surface area contributed by atoms with E-state index in [1.54, 1.807) is 67.8 Å². The highest BCUT2D eigenvalue weighted by Gasteiger charge is 2.48. The molecule has 3 heterocycles. The van der Waals surface area contributed by atoms with E-state index < -0.39 is 17.7 Å². The summed E-state index contributed by atoms with van der Waals surface area (Å²) >= 11 is 1.25. The van der Waals surface area contributed by atoms with Crippen molar-refractivity contribution in [2.75, 3.05) is 31.8 Å². The van der Waals surface area contributed by atoms with E-state index in [4.69, 9.17) is 18.9 Å². The van der Waals surface area contributed by atoms with E-state index in [9.17, 15) is 14.7 Å². The topological polar surface area (TPSA) is 107 Å². The molecule has 6 rings (SSSR count). The molecule has 2 aliphatic heterocycles. The molecule has 1 saturated heterocycles. The first-order valence-corrected chi connectivity index (χ1v) is 13.3. The van der Waals surface area contributed by atoms with Crippen LogP contribution in [0.3, 0.4) is 0 Å². The molecule has 2 aliphatic rings. The third kappa shape index (κ3) is 4.42. The van der Waals surface area contributed by atoms with Gasteiger partial charge >= 0.3 is 5.91 Å². The van der Waals surface area contributed by atoms with Crippen LogP contribution in [0, 0.1) is 0 Å². The minimum atomic E-state index is -0.970. The first-order chi connectivity index (χ1) is 19.5. The summed E-state index contributed by atoms with van der Waals surface area (Å²) in [7, 11) is 1.57. The summed E-state index contributed by atoms with van der Waals surface area (Å²) in [6, 6.07) is 16.4. The molecule has 0 bridgehead atoms. The van der Waals surface area contributed by atoms with Crippen molar-refractivity contribution in [1.29, 1.82) is 0 Å². The molecule has 1 N–H and O–H groups in total. The van der Waals surface area contributed by atoms with E-state index in [0.717, 1.165) is 4.70 Å². The molecule has 10 heteroatoms. The Morgan fingerprint density at radius 2 is 1.93 bits per heavy atom. The number of hydrogen-bond acceptors (Lipinski definition) is 9. The Hall–Kier alpha value is -4.83. The second-order valence-electron chi connectivity index (χ2n) is 9.03. The van der Waals surface area contributed by atoms with Gasteiger partial charge in [-0.25, -0.2) is 4.98 Å². The number of aromatic nitrogens is 1. The van der Waals surface area contributed by atoms with Crippen LogP contribution in [0.5, 0.6) is 23.0 Å². The molecule has 1 aromatic heterocycles. The number of ketones is 1. The van der Waals surface area contributed by atoms with Crippen molar-refractivity contribution in [3.05, 3.63) is 90.0 Å². The summed E-state index contributed by atoms with van der Waals surface area (Å²) in [6.45, 7) is 4.74. The average molecular weight is 557 g/mol. The summed E-state index contributed by atoms with van der Waals surface area (Å²) in [5.41, 5.74) is 1.47. The molecule has 3 aromatic carbocycles. The maximum absolute atomic E-state index is 13.6. The molecule has 1 atom stereocenters. The predicted molar refractivity (Wildman–Crippen MR) is 151 cm³/mol. The number of ether oxygens (including phenoxy) is 4. The highest BCUT2D eigenvalue weighted by molar-refractivity contribution is 7.22. The van der Waals surface area contributed by atoms with E-state index in [1.807, 2.05) is 6.07 Å². The molecule has 0 unspecified atom stereocenters. The van der Waals surface area contributed by atoms with Crippen molar-refractivity contribution in [2.45, 2.75) is 6.04 Å². The molecular weight excluding hydrogens is 532 g/mol. The van der Waals surface area contributed by atoms with Crippen molar-refractivity contribution in [3.8, 4) is 23.0 Å². The molecule has 1 amide bonds. The Kier molecular flexibility index (Phi) is 6.61. The number of anilines is 1. The molecule has 0 radical (unpaired) electrons. The first kappa shape index (κ1) is 25.4. The molecule has 1 fully saturated rings. The zero-order valence-corrected chi connectivity index (χ0v) is 22.3. The van der Waals surface area contributed by atoms with Gasteiger partial charge in [-0.05, 0) is 54.1 Å². The zero-order valence-electron chi connectivity index (χ0n) is 21.5. The number of amides is 1. The molecule has 9 nitrogen and oxygen atoms in total. The number of aliphatic hydroxyl groups excluding tert-OH is 1. The number of thiazole rings is 1. The molecule has 4 aromatic rings. The number of benzene rings is 3. The number of carbonyl (C=O) groups is 2. The number of rotatable bonds is 7. The number of Topliss-reactive ketones (excluding diaryl/α,β-unsaturated/α-hetero) is 1. The quantitative estimate of drug-likeness (QED) is 0.142. The molecule has 40 heavy (non-hydrogen) atoms. The van der Waals surface area contributed by atoms with Crippen LogP contribution in [0.2, 0.25) is 0 Å². The van der Waals surface area contributed by atoms with Gasteiger partial charge in [-0.1, -0.05) is 36.1 Å². The maximum Gasteiger partial charge on any atom is 0.301 e. The van der Waals surface area contributed by atoms with E-state index in [2.05, 4.69) is 11.6 Å². The van der Waals surface area contributed by atoms with Crippen LogP contribution in [0.15, 0.2) is 78.9 Å². The molecular formula is C30H24N2O7S. The Morgan fingerprint density at radius 3 is 2.73 bits per heavy atom. The number of hydrogen-bond donors (Lipinski definition) is 1. The SMILES string of the molecule is C=CCOc1cccc([C@@H]2C(=C(O)c3ccc4c(c3)OCCO4)C(=O)C(=O)N2c2nc3ccc(OC)cc3s2)c1. The Balaban J connectivity index is 1.52. The van der Waals surface area contributed by atoms with E-state index >= 15 is 0 Å². The van der Waals surface area contributed by atoms with Crippen molar-refractivity contribution < 1.29 is 33.6 Å². The Morgan fingerprint density at radius 1 is 1.10 bits per heavy atom. The first-order valence-electron chi connectivity index (χ1n) is 12.5. The normalized spacial score (nSPS) is 17.7. The van der Waals surface area contributed by atoms with Gasteiger partial charge in [0.25, 0.3) is 5.78 Å². The summed E-state index contributed by atoms with van der Waals surface area (Å²) in [4.78, 5) is 33.2. The van der Waals surface area contributed by atoms with E-state index in [-0.39, 0.29) is 17.9 Å². The van der Waals surface area contributed by atoms with Gasteiger partial charge in [0.1, 0.15) is 37.1 Å². The fourth-order valence-electron chi connectivity index (χ4n) is 4.74. The summed E-state index contributed by atoms with van der Waals surface area (Å²) < 4.78 is 23.1. The largest absolute Gasteiger partial charge is 0.507 e. The van der Waals surface area contributed by atoms with Crippen molar-refractivity contribution in [1.82, 2.24) is 4.98 Å². The van der Waals surface area contributed by atoms with Crippen LogP contribution < -0.4 is 23.8 Å². The highest BCUT2D eigenvalue weighted by Crippen LogP contribution is 2.45. The average Bonchev–Trinajstić information content (AvgIpc) is 3.52. The highest BCUT2D eigenvalue weighted by atomic mass is 32.1. The summed E-state index contributed by atoms with van der Waals surface area (Å²) in [6.07, 6.45) is 1.62. The Bertz CT molecular complexity index is 1690. The summed E-state index contributed by atoms with van der Waals surface area (Å²) in [5.74, 6) is 0.198. The lowest BCUT2D eigenvalue weighted by molar-refractivity contribution is -0.132. The smallest absolute Gasteiger partial charge is 0.301 e. The number of methoxy groups -OCH3 is 1. The van der Waals surface area contributed by atoms with Crippen molar-refractivity contribution in [2.24, 2.45) is 0 Å². The van der Waals surface area contributed by atoms with Crippen molar-refractivity contribution >= 4 is 44.1 Å². The predicted octanol–water partition coefficient (Wildman–Crippen LogP) is 5.27. The van der Waals surface area contributed by atoms with Gasteiger partial charge in [0, 0.05) is 5.56 Å². The third-order valence-corrected chi connectivity index (χ3v) is 7.61. The zero-order chi connectivity index (χ0) is 27.8. The summed E-state index contributed by atoms with van der Waals surface area (Å²) in [5, 5.41) is 11.8. The van der Waals surface area contributed by atoms with Gasteiger partial charge in [-0.3, -0.25) is 14.5 Å². The molecule has 0 aliphatic carbocycles. The van der Waals surface area contributed by atoms with Gasteiger partial charge in [-0.15, -0.1) is 0 Å². The minimum absolute atomic E-state index is 0.0700. The lowest BCUT2D eigenvalue weighted by atomic mass is 9.95. The fraction of sp³-hybridized carbons (Fsp3) is 0.167. The number of fused-ring (bicyclic) bond motifs is 2. The van der Waals surface area contributed by atoms with Crippen LogP contribution in [0.1, 0.15) is 17.2 Å². The number of carbonyl (C=O) groups excluding carboxylic acids is 2.